The summed E-state index contributed by atoms with van der Waals surface area (Å²) in [5.74, 6) is -0.293. The SMILES string of the molecule is Cc1cc(C)cc(NC(=O)c2nc(C(=O)Nc3ccccc3)n3c2CCCC3)c1. The van der Waals surface area contributed by atoms with E-state index in [1.54, 1.807) is 0 Å². The zero-order valence-electron chi connectivity index (χ0n) is 16.7. The van der Waals surface area contributed by atoms with Gasteiger partial charge in [-0.25, -0.2) is 4.98 Å². The van der Waals surface area contributed by atoms with E-state index in [0.717, 1.165) is 41.8 Å². The maximum Gasteiger partial charge on any atom is 0.291 e. The van der Waals surface area contributed by atoms with Gasteiger partial charge in [0.05, 0.1) is 5.69 Å². The van der Waals surface area contributed by atoms with Crippen LogP contribution in [0.2, 0.25) is 0 Å². The summed E-state index contributed by atoms with van der Waals surface area (Å²) in [5.41, 5.74) is 4.76. The van der Waals surface area contributed by atoms with E-state index in [0.29, 0.717) is 17.9 Å². The number of nitrogens with one attached hydrogen (secondary N) is 2. The average molecular weight is 388 g/mol. The summed E-state index contributed by atoms with van der Waals surface area (Å²) in [6.45, 7) is 4.68. The second-order valence-corrected chi connectivity index (χ2v) is 7.49. The summed E-state index contributed by atoms with van der Waals surface area (Å²) in [6.07, 6.45) is 2.68. The van der Waals surface area contributed by atoms with Crippen molar-refractivity contribution in [3.8, 4) is 0 Å². The number of anilines is 2. The van der Waals surface area contributed by atoms with E-state index in [1.165, 1.54) is 0 Å². The van der Waals surface area contributed by atoms with Crippen LogP contribution in [-0.4, -0.2) is 21.4 Å². The second kappa shape index (κ2) is 7.91. The summed E-state index contributed by atoms with van der Waals surface area (Å²) in [5, 5.41) is 5.82. The Balaban J connectivity index is 1.63. The number of aryl methyl sites for hydroxylation is 2. The zero-order chi connectivity index (χ0) is 20.4. The van der Waals surface area contributed by atoms with Gasteiger partial charge in [-0.1, -0.05) is 24.3 Å². The molecule has 0 spiro atoms. The van der Waals surface area contributed by atoms with Crippen LogP contribution >= 0.6 is 0 Å². The molecule has 0 fully saturated rings. The molecule has 2 heterocycles. The molecule has 2 amide bonds. The quantitative estimate of drug-likeness (QED) is 0.698. The first-order chi connectivity index (χ1) is 14.0. The second-order valence-electron chi connectivity index (χ2n) is 7.49. The monoisotopic (exact) mass is 388 g/mol. The van der Waals surface area contributed by atoms with Gasteiger partial charge in [0.2, 0.25) is 0 Å². The van der Waals surface area contributed by atoms with Crippen LogP contribution in [0.1, 0.15) is 50.8 Å². The molecular formula is C23H24N4O2. The summed E-state index contributed by atoms with van der Waals surface area (Å²) in [6, 6.07) is 15.2. The van der Waals surface area contributed by atoms with Crippen molar-refractivity contribution in [1.82, 2.24) is 9.55 Å². The number of imidazole rings is 1. The lowest BCUT2D eigenvalue weighted by molar-refractivity contribution is 0.101. The number of fused-ring (bicyclic) bond motifs is 1. The standard InChI is InChI=1S/C23H24N4O2/c1-15-12-16(2)14-18(13-15)25-22(28)20-19-10-6-7-11-27(19)21(26-20)23(29)24-17-8-4-3-5-9-17/h3-5,8-9,12-14H,6-7,10-11H2,1-2H3,(H,24,29)(H,25,28). The minimum atomic E-state index is -0.301. The van der Waals surface area contributed by atoms with E-state index in [1.807, 2.05) is 60.9 Å². The van der Waals surface area contributed by atoms with Gasteiger partial charge in [0, 0.05) is 17.9 Å². The Morgan fingerprint density at radius 1 is 0.897 bits per heavy atom. The number of carbonyl (C=O) groups excluding carboxylic acids is 2. The van der Waals surface area contributed by atoms with Crippen molar-refractivity contribution in [2.45, 2.75) is 39.7 Å². The lowest BCUT2D eigenvalue weighted by Crippen LogP contribution is -2.21. The number of nitrogens with zero attached hydrogens (tertiary/aromatic N) is 2. The number of aromatic nitrogens is 2. The van der Waals surface area contributed by atoms with Crippen LogP contribution in [0.4, 0.5) is 11.4 Å². The number of amides is 2. The van der Waals surface area contributed by atoms with Crippen LogP contribution in [0.3, 0.4) is 0 Å². The van der Waals surface area contributed by atoms with E-state index < -0.39 is 0 Å². The molecule has 3 aromatic rings. The molecule has 0 radical (unpaired) electrons. The third-order valence-corrected chi connectivity index (χ3v) is 5.05. The summed E-state index contributed by atoms with van der Waals surface area (Å²) >= 11 is 0. The van der Waals surface area contributed by atoms with Crippen molar-refractivity contribution < 1.29 is 9.59 Å². The van der Waals surface area contributed by atoms with Gasteiger partial charge in [0.1, 0.15) is 0 Å². The fourth-order valence-corrected chi connectivity index (χ4v) is 3.84. The smallest absolute Gasteiger partial charge is 0.291 e. The predicted molar refractivity (Wildman–Crippen MR) is 113 cm³/mol. The van der Waals surface area contributed by atoms with Gasteiger partial charge in [-0.05, 0) is 68.5 Å². The molecule has 2 aromatic carbocycles. The van der Waals surface area contributed by atoms with Crippen LogP contribution < -0.4 is 10.6 Å². The maximum absolute atomic E-state index is 13.0. The Labute approximate surface area is 170 Å². The highest BCUT2D eigenvalue weighted by Crippen LogP contribution is 2.23. The average Bonchev–Trinajstić information content (AvgIpc) is 3.08. The largest absolute Gasteiger partial charge is 0.323 e. The van der Waals surface area contributed by atoms with Gasteiger partial charge >= 0.3 is 0 Å². The van der Waals surface area contributed by atoms with Gasteiger partial charge in [-0.15, -0.1) is 0 Å². The fraction of sp³-hybridized carbons (Fsp3) is 0.261. The van der Waals surface area contributed by atoms with Crippen molar-refractivity contribution in [3.63, 3.8) is 0 Å². The van der Waals surface area contributed by atoms with E-state index in [2.05, 4.69) is 21.7 Å². The molecule has 1 aromatic heterocycles. The summed E-state index contributed by atoms with van der Waals surface area (Å²) in [4.78, 5) is 30.3. The predicted octanol–water partition coefficient (Wildman–Crippen LogP) is 4.34. The summed E-state index contributed by atoms with van der Waals surface area (Å²) in [7, 11) is 0. The van der Waals surface area contributed by atoms with Gasteiger partial charge < -0.3 is 15.2 Å². The molecule has 29 heavy (non-hydrogen) atoms. The number of benzene rings is 2. The Kier molecular flexibility index (Phi) is 5.16. The zero-order valence-corrected chi connectivity index (χ0v) is 16.7. The Bertz CT molecular complexity index is 1050. The highest BCUT2D eigenvalue weighted by Gasteiger charge is 2.27. The van der Waals surface area contributed by atoms with E-state index in [-0.39, 0.29) is 17.6 Å². The number of carbonyl (C=O) groups is 2. The third-order valence-electron chi connectivity index (χ3n) is 5.05. The van der Waals surface area contributed by atoms with Gasteiger partial charge in [0.15, 0.2) is 11.5 Å². The molecule has 1 aliphatic rings. The fourth-order valence-electron chi connectivity index (χ4n) is 3.84. The number of para-hydroxylation sites is 1. The molecule has 2 N–H and O–H groups in total. The van der Waals surface area contributed by atoms with Crippen molar-refractivity contribution in [3.05, 3.63) is 76.9 Å². The minimum Gasteiger partial charge on any atom is -0.323 e. The highest BCUT2D eigenvalue weighted by molar-refractivity contribution is 6.07. The lowest BCUT2D eigenvalue weighted by Gasteiger charge is -2.17. The molecule has 6 nitrogen and oxygen atoms in total. The van der Waals surface area contributed by atoms with E-state index in [9.17, 15) is 9.59 Å². The molecule has 1 aliphatic heterocycles. The van der Waals surface area contributed by atoms with Crippen LogP contribution in [0.15, 0.2) is 48.5 Å². The molecule has 0 saturated carbocycles. The highest BCUT2D eigenvalue weighted by atomic mass is 16.2. The molecule has 4 rings (SSSR count). The van der Waals surface area contributed by atoms with E-state index >= 15 is 0 Å². The van der Waals surface area contributed by atoms with Crippen molar-refractivity contribution >= 4 is 23.2 Å². The minimum absolute atomic E-state index is 0.278. The van der Waals surface area contributed by atoms with Crippen molar-refractivity contribution in [2.24, 2.45) is 0 Å². The molecule has 0 unspecified atom stereocenters. The number of rotatable bonds is 4. The van der Waals surface area contributed by atoms with Gasteiger partial charge in [-0.2, -0.15) is 0 Å². The molecule has 6 heteroatoms. The normalized spacial score (nSPS) is 12.9. The topological polar surface area (TPSA) is 76.0 Å². The third kappa shape index (κ3) is 4.06. The lowest BCUT2D eigenvalue weighted by atomic mass is 10.1. The number of hydrogen-bond acceptors (Lipinski definition) is 3. The van der Waals surface area contributed by atoms with Crippen LogP contribution in [0.25, 0.3) is 0 Å². The maximum atomic E-state index is 13.0. The molecule has 0 saturated heterocycles. The van der Waals surface area contributed by atoms with Crippen LogP contribution in [-0.2, 0) is 13.0 Å². The van der Waals surface area contributed by atoms with Crippen molar-refractivity contribution in [1.29, 1.82) is 0 Å². The molecule has 0 bridgehead atoms. The molecule has 0 atom stereocenters. The van der Waals surface area contributed by atoms with Crippen molar-refractivity contribution in [2.75, 3.05) is 10.6 Å². The first-order valence-electron chi connectivity index (χ1n) is 9.87. The first-order valence-corrected chi connectivity index (χ1v) is 9.87. The van der Waals surface area contributed by atoms with Gasteiger partial charge in [-0.3, -0.25) is 9.59 Å². The molecular weight excluding hydrogens is 364 g/mol. The van der Waals surface area contributed by atoms with Crippen LogP contribution in [0, 0.1) is 13.8 Å². The molecule has 148 valence electrons. The Morgan fingerprint density at radius 2 is 1.59 bits per heavy atom. The van der Waals surface area contributed by atoms with Crippen LogP contribution in [0.5, 0.6) is 0 Å². The Morgan fingerprint density at radius 3 is 2.31 bits per heavy atom. The van der Waals surface area contributed by atoms with E-state index in [4.69, 9.17) is 0 Å². The van der Waals surface area contributed by atoms with Gasteiger partial charge in [0.25, 0.3) is 11.8 Å². The first kappa shape index (κ1) is 18.9. The summed E-state index contributed by atoms with van der Waals surface area (Å²) < 4.78 is 1.89. The molecule has 0 aliphatic carbocycles. The Hall–Kier alpha value is -3.41. The number of hydrogen-bond donors (Lipinski definition) is 2.